The summed E-state index contributed by atoms with van der Waals surface area (Å²) >= 11 is 0. The second-order valence-corrected chi connectivity index (χ2v) is 9.42. The summed E-state index contributed by atoms with van der Waals surface area (Å²) in [5.41, 5.74) is 3.15. The fourth-order valence-electron chi connectivity index (χ4n) is 4.62. The fourth-order valence-corrected chi connectivity index (χ4v) is 4.62. The third-order valence-electron chi connectivity index (χ3n) is 6.33. The first-order chi connectivity index (χ1) is 17.4. The Hall–Kier alpha value is -3.36. The van der Waals surface area contributed by atoms with Crippen molar-refractivity contribution in [2.45, 2.75) is 39.5 Å². The van der Waals surface area contributed by atoms with E-state index in [0.29, 0.717) is 17.8 Å². The van der Waals surface area contributed by atoms with E-state index < -0.39 is 12.0 Å². The van der Waals surface area contributed by atoms with Crippen LogP contribution in [0.4, 0.5) is 4.79 Å². The molecule has 192 valence electrons. The molecule has 2 aromatic carbocycles. The van der Waals surface area contributed by atoms with Gasteiger partial charge in [-0.1, -0.05) is 42.5 Å². The zero-order chi connectivity index (χ0) is 25.5. The highest BCUT2D eigenvalue weighted by Gasteiger charge is 2.34. The highest BCUT2D eigenvalue weighted by atomic mass is 16.5. The lowest BCUT2D eigenvalue weighted by Gasteiger charge is -2.37. The van der Waals surface area contributed by atoms with Gasteiger partial charge in [0, 0.05) is 45.0 Å². The lowest BCUT2D eigenvalue weighted by atomic mass is 9.94. The first kappa shape index (κ1) is 25.7. The molecule has 2 heterocycles. The van der Waals surface area contributed by atoms with Crippen molar-refractivity contribution in [2.24, 2.45) is 0 Å². The van der Waals surface area contributed by atoms with E-state index in [1.165, 1.54) is 5.56 Å². The molecule has 36 heavy (non-hydrogen) atoms. The molecule has 8 nitrogen and oxygen atoms in total. The summed E-state index contributed by atoms with van der Waals surface area (Å²) in [5, 5.41) is 5.80. The van der Waals surface area contributed by atoms with Gasteiger partial charge in [0.25, 0.3) is 0 Å². The largest absolute Gasteiger partial charge is 0.491 e. The van der Waals surface area contributed by atoms with Gasteiger partial charge in [0.05, 0.1) is 24.3 Å². The second kappa shape index (κ2) is 12.1. The molecule has 0 aliphatic carbocycles. The van der Waals surface area contributed by atoms with E-state index in [0.717, 1.165) is 44.0 Å². The van der Waals surface area contributed by atoms with Crippen LogP contribution in [0.3, 0.4) is 0 Å². The Bertz CT molecular complexity index is 1060. The van der Waals surface area contributed by atoms with Gasteiger partial charge in [-0.2, -0.15) is 0 Å². The molecule has 2 aromatic rings. The molecule has 2 amide bonds. The number of rotatable bonds is 9. The number of nitrogens with one attached hydrogen (secondary N) is 2. The number of carbonyl (C=O) groups is 2. The molecule has 1 atom stereocenters. The Morgan fingerprint density at radius 2 is 1.61 bits per heavy atom. The highest BCUT2D eigenvalue weighted by molar-refractivity contribution is 5.95. The summed E-state index contributed by atoms with van der Waals surface area (Å²) in [7, 11) is 0. The number of benzene rings is 2. The molecule has 0 unspecified atom stereocenters. The molecule has 8 heteroatoms. The standard InChI is InChI=1S/C28H36N4O4/c1-4-35-27(33)25-24(19-32-16-14-31(15-17-32)18-21-8-6-5-7-9-21)29-28(34)30-26(25)22-10-12-23(13-11-22)36-20(2)3/h5-13,20,26H,4,14-19H2,1-3H3,(H2,29,30,34)/t26-/m1/s1. The maximum absolute atomic E-state index is 13.1. The van der Waals surface area contributed by atoms with Crippen molar-refractivity contribution in [1.29, 1.82) is 0 Å². The van der Waals surface area contributed by atoms with Gasteiger partial charge in [-0.15, -0.1) is 0 Å². The van der Waals surface area contributed by atoms with Crippen molar-refractivity contribution in [1.82, 2.24) is 20.4 Å². The minimum atomic E-state index is -0.597. The maximum atomic E-state index is 13.1. The molecule has 1 fully saturated rings. The Morgan fingerprint density at radius 1 is 0.972 bits per heavy atom. The predicted molar refractivity (Wildman–Crippen MR) is 138 cm³/mol. The zero-order valence-corrected chi connectivity index (χ0v) is 21.3. The Morgan fingerprint density at radius 3 is 2.22 bits per heavy atom. The smallest absolute Gasteiger partial charge is 0.338 e. The molecule has 0 aromatic heterocycles. The summed E-state index contributed by atoms with van der Waals surface area (Å²) in [5.74, 6) is 0.319. The normalized spacial score (nSPS) is 19.1. The first-order valence-corrected chi connectivity index (χ1v) is 12.7. The van der Waals surface area contributed by atoms with Gasteiger partial charge in [0.1, 0.15) is 5.75 Å². The van der Waals surface area contributed by atoms with Gasteiger partial charge < -0.3 is 20.1 Å². The summed E-state index contributed by atoms with van der Waals surface area (Å²) in [6.45, 7) is 10.9. The van der Waals surface area contributed by atoms with Crippen LogP contribution in [0.25, 0.3) is 0 Å². The van der Waals surface area contributed by atoms with E-state index in [9.17, 15) is 9.59 Å². The number of piperazine rings is 1. The summed E-state index contributed by atoms with van der Waals surface area (Å²) in [4.78, 5) is 30.4. The monoisotopic (exact) mass is 492 g/mol. The number of amides is 2. The second-order valence-electron chi connectivity index (χ2n) is 9.42. The molecule has 0 spiro atoms. The van der Waals surface area contributed by atoms with Crippen molar-refractivity contribution in [3.8, 4) is 5.75 Å². The minimum Gasteiger partial charge on any atom is -0.491 e. The number of urea groups is 1. The van der Waals surface area contributed by atoms with Gasteiger partial charge in [0.15, 0.2) is 0 Å². The molecule has 0 radical (unpaired) electrons. The number of hydrogen-bond donors (Lipinski definition) is 2. The Labute approximate surface area is 213 Å². The fraction of sp³-hybridized carbons (Fsp3) is 0.429. The third kappa shape index (κ3) is 6.65. The molecule has 1 saturated heterocycles. The van der Waals surface area contributed by atoms with E-state index in [-0.39, 0.29) is 18.7 Å². The summed E-state index contributed by atoms with van der Waals surface area (Å²) < 4.78 is 11.2. The van der Waals surface area contributed by atoms with Gasteiger partial charge in [0.2, 0.25) is 0 Å². The molecule has 0 bridgehead atoms. The average Bonchev–Trinajstić information content (AvgIpc) is 2.86. The van der Waals surface area contributed by atoms with Crippen LogP contribution in [0.15, 0.2) is 65.9 Å². The quantitative estimate of drug-likeness (QED) is 0.522. The number of esters is 1. The molecular formula is C28H36N4O4. The van der Waals surface area contributed by atoms with Crippen LogP contribution >= 0.6 is 0 Å². The van der Waals surface area contributed by atoms with E-state index >= 15 is 0 Å². The number of ether oxygens (including phenoxy) is 2. The van der Waals surface area contributed by atoms with Crippen molar-refractivity contribution in [2.75, 3.05) is 39.3 Å². The molecular weight excluding hydrogens is 456 g/mol. The lowest BCUT2D eigenvalue weighted by molar-refractivity contribution is -0.139. The summed E-state index contributed by atoms with van der Waals surface area (Å²) in [6.07, 6.45) is 0.0594. The minimum absolute atomic E-state index is 0.0594. The lowest BCUT2D eigenvalue weighted by Crippen LogP contribution is -2.51. The number of carbonyl (C=O) groups excluding carboxylic acids is 2. The third-order valence-corrected chi connectivity index (χ3v) is 6.33. The van der Waals surface area contributed by atoms with Gasteiger partial charge in [-0.05, 0) is 44.0 Å². The SMILES string of the molecule is CCOC(=O)C1=C(CN2CCN(Cc3ccccc3)CC2)NC(=O)N[C@@H]1c1ccc(OC(C)C)cc1. The number of hydrogen-bond acceptors (Lipinski definition) is 6. The average molecular weight is 493 g/mol. The van der Waals surface area contributed by atoms with E-state index in [1.807, 2.05) is 44.2 Å². The van der Waals surface area contributed by atoms with E-state index in [4.69, 9.17) is 9.47 Å². The van der Waals surface area contributed by atoms with Crippen LogP contribution in [-0.2, 0) is 16.1 Å². The highest BCUT2D eigenvalue weighted by Crippen LogP contribution is 2.30. The topological polar surface area (TPSA) is 83.1 Å². The Balaban J connectivity index is 1.50. The number of nitrogens with zero attached hydrogens (tertiary/aromatic N) is 2. The summed E-state index contributed by atoms with van der Waals surface area (Å²) in [6, 6.07) is 17.0. The van der Waals surface area contributed by atoms with Crippen molar-refractivity contribution in [3.63, 3.8) is 0 Å². The predicted octanol–water partition coefficient (Wildman–Crippen LogP) is 3.46. The van der Waals surface area contributed by atoms with Crippen LogP contribution in [0.2, 0.25) is 0 Å². The zero-order valence-electron chi connectivity index (χ0n) is 21.3. The van der Waals surface area contributed by atoms with Crippen LogP contribution in [0, 0.1) is 0 Å². The van der Waals surface area contributed by atoms with Crippen LogP contribution in [-0.4, -0.2) is 67.2 Å². The first-order valence-electron chi connectivity index (χ1n) is 12.7. The van der Waals surface area contributed by atoms with E-state index in [2.05, 4.69) is 44.7 Å². The molecule has 2 aliphatic heterocycles. The van der Waals surface area contributed by atoms with Crippen molar-refractivity contribution in [3.05, 3.63) is 77.0 Å². The van der Waals surface area contributed by atoms with Gasteiger partial charge >= 0.3 is 12.0 Å². The van der Waals surface area contributed by atoms with Crippen molar-refractivity contribution >= 4 is 12.0 Å². The van der Waals surface area contributed by atoms with Crippen LogP contribution in [0.5, 0.6) is 5.75 Å². The van der Waals surface area contributed by atoms with Gasteiger partial charge in [-0.25, -0.2) is 9.59 Å². The van der Waals surface area contributed by atoms with Crippen LogP contribution < -0.4 is 15.4 Å². The van der Waals surface area contributed by atoms with Gasteiger partial charge in [-0.3, -0.25) is 9.80 Å². The Kier molecular flexibility index (Phi) is 8.61. The van der Waals surface area contributed by atoms with E-state index in [1.54, 1.807) is 6.92 Å². The molecule has 4 rings (SSSR count). The van der Waals surface area contributed by atoms with Crippen LogP contribution in [0.1, 0.15) is 37.9 Å². The maximum Gasteiger partial charge on any atom is 0.338 e. The molecule has 0 saturated carbocycles. The molecule has 2 aliphatic rings. The van der Waals surface area contributed by atoms with Crippen molar-refractivity contribution < 1.29 is 19.1 Å². The molecule has 2 N–H and O–H groups in total.